The fraction of sp³-hybridized carbons (Fsp3) is 0.636. The monoisotopic (exact) mass is 514 g/mol. The molecule has 210 valence electrons. The molecule has 0 radical (unpaired) electrons. The van der Waals surface area contributed by atoms with Crippen LogP contribution in [0.2, 0.25) is 0 Å². The van der Waals surface area contributed by atoms with Crippen LogP contribution in [0.15, 0.2) is 60.8 Å². The van der Waals surface area contributed by atoms with Gasteiger partial charge in [0, 0.05) is 12.8 Å². The maximum Gasteiger partial charge on any atom is 0.306 e. The Bertz CT molecular complexity index is 684. The van der Waals surface area contributed by atoms with Crippen molar-refractivity contribution in [1.29, 1.82) is 0 Å². The first-order valence-electron chi connectivity index (χ1n) is 14.8. The van der Waals surface area contributed by atoms with Crippen molar-refractivity contribution in [2.75, 3.05) is 0 Å². The Morgan fingerprint density at radius 3 is 1.84 bits per heavy atom. The molecule has 0 aliphatic heterocycles. The lowest BCUT2D eigenvalue weighted by atomic mass is 10.1. The fourth-order valence-corrected chi connectivity index (χ4v) is 3.79. The molecule has 0 fully saturated rings. The highest BCUT2D eigenvalue weighted by Gasteiger charge is 2.11. The van der Waals surface area contributed by atoms with Gasteiger partial charge >= 0.3 is 11.9 Å². The van der Waals surface area contributed by atoms with Crippen LogP contribution in [0.4, 0.5) is 0 Å². The van der Waals surface area contributed by atoms with E-state index in [9.17, 15) is 9.59 Å². The number of unbranched alkanes of at least 4 members (excludes halogenated alkanes) is 8. The van der Waals surface area contributed by atoms with Crippen LogP contribution in [0.5, 0.6) is 0 Å². The maximum absolute atomic E-state index is 12.3. The summed E-state index contributed by atoms with van der Waals surface area (Å²) in [6, 6.07) is 0. The number of carbonyl (C=O) groups is 2. The molecule has 0 rings (SSSR count). The number of carboxylic acids is 1. The van der Waals surface area contributed by atoms with Crippen molar-refractivity contribution in [3.8, 4) is 0 Å². The van der Waals surface area contributed by atoms with Gasteiger partial charge in [0.05, 0.1) is 0 Å². The summed E-state index contributed by atoms with van der Waals surface area (Å²) in [5.74, 6) is -0.833. The molecule has 37 heavy (non-hydrogen) atoms. The largest absolute Gasteiger partial charge is 0.481 e. The molecule has 0 amide bonds. The van der Waals surface area contributed by atoms with Crippen LogP contribution < -0.4 is 0 Å². The van der Waals surface area contributed by atoms with Crippen molar-refractivity contribution < 1.29 is 19.4 Å². The first-order chi connectivity index (χ1) is 18.1. The second-order valence-corrected chi connectivity index (χ2v) is 9.55. The summed E-state index contributed by atoms with van der Waals surface area (Å²) in [6.45, 7) is 4.29. The van der Waals surface area contributed by atoms with Crippen molar-refractivity contribution in [3.05, 3.63) is 60.8 Å². The van der Waals surface area contributed by atoms with Crippen molar-refractivity contribution >= 4 is 11.9 Å². The molecule has 0 aliphatic rings. The topological polar surface area (TPSA) is 63.6 Å². The molecular formula is C33H54O4. The number of carbonyl (C=O) groups excluding carboxylic acids is 1. The van der Waals surface area contributed by atoms with Gasteiger partial charge in [0.25, 0.3) is 0 Å². The molecule has 1 atom stereocenters. The smallest absolute Gasteiger partial charge is 0.306 e. The SMILES string of the molecule is CC/C=C\C/C=C\C/C=C\C/C=C\CCCCCCC(=O)OC(/C=C\CCC)CCCCCCC(=O)O. The first-order valence-corrected chi connectivity index (χ1v) is 14.8. The van der Waals surface area contributed by atoms with E-state index in [1.54, 1.807) is 0 Å². The van der Waals surface area contributed by atoms with E-state index in [0.29, 0.717) is 12.8 Å². The Morgan fingerprint density at radius 1 is 0.649 bits per heavy atom. The Balaban J connectivity index is 3.87. The number of carboxylic acid groups (broad SMARTS) is 1. The van der Waals surface area contributed by atoms with Crippen molar-refractivity contribution in [2.45, 2.75) is 136 Å². The van der Waals surface area contributed by atoms with Crippen LogP contribution in [0.25, 0.3) is 0 Å². The molecule has 4 heteroatoms. The molecule has 1 unspecified atom stereocenters. The van der Waals surface area contributed by atoms with E-state index in [4.69, 9.17) is 9.84 Å². The quantitative estimate of drug-likeness (QED) is 0.0748. The molecule has 0 aromatic rings. The third-order valence-electron chi connectivity index (χ3n) is 5.94. The minimum Gasteiger partial charge on any atom is -0.481 e. The Hall–Kier alpha value is -2.36. The molecule has 1 N–H and O–H groups in total. The summed E-state index contributed by atoms with van der Waals surface area (Å²) in [4.78, 5) is 22.9. The molecule has 0 spiro atoms. The van der Waals surface area contributed by atoms with Gasteiger partial charge in [-0.15, -0.1) is 0 Å². The third kappa shape index (κ3) is 28.1. The van der Waals surface area contributed by atoms with Gasteiger partial charge in [-0.25, -0.2) is 0 Å². The first kappa shape index (κ1) is 34.6. The van der Waals surface area contributed by atoms with Crippen molar-refractivity contribution in [1.82, 2.24) is 0 Å². The summed E-state index contributed by atoms with van der Waals surface area (Å²) in [7, 11) is 0. The summed E-state index contributed by atoms with van der Waals surface area (Å²) in [5.41, 5.74) is 0. The average Bonchev–Trinajstić information content (AvgIpc) is 2.87. The van der Waals surface area contributed by atoms with Crippen LogP contribution in [0.3, 0.4) is 0 Å². The lowest BCUT2D eigenvalue weighted by Crippen LogP contribution is -2.16. The number of ether oxygens (including phenoxy) is 1. The zero-order valence-electron chi connectivity index (χ0n) is 23.8. The van der Waals surface area contributed by atoms with Crippen LogP contribution in [0, 0.1) is 0 Å². The van der Waals surface area contributed by atoms with Crippen molar-refractivity contribution in [2.24, 2.45) is 0 Å². The highest BCUT2D eigenvalue weighted by Crippen LogP contribution is 2.14. The third-order valence-corrected chi connectivity index (χ3v) is 5.94. The second-order valence-electron chi connectivity index (χ2n) is 9.55. The number of hydrogen-bond donors (Lipinski definition) is 1. The standard InChI is InChI=1S/C33H54O4/c1-3-5-7-8-9-10-11-12-13-14-15-16-17-18-19-20-26-30-33(36)37-31(27-23-6-4-2)28-24-21-22-25-29-32(34)35/h5,7,9-10,12-13,15-16,23,27,31H,3-4,6,8,11,14,17-22,24-26,28-30H2,1-2H3,(H,34,35)/b7-5-,10-9-,13-12-,16-15-,27-23-. The zero-order chi connectivity index (χ0) is 27.2. The molecule has 0 saturated heterocycles. The van der Waals surface area contributed by atoms with Crippen LogP contribution in [-0.2, 0) is 14.3 Å². The van der Waals surface area contributed by atoms with Gasteiger partial charge in [0.2, 0.25) is 0 Å². The minimum absolute atomic E-state index is 0.101. The fourth-order valence-electron chi connectivity index (χ4n) is 3.79. The van der Waals surface area contributed by atoms with Gasteiger partial charge < -0.3 is 9.84 Å². The second kappa shape index (κ2) is 28.2. The Labute approximate surface area is 227 Å². The predicted molar refractivity (Wildman–Crippen MR) is 158 cm³/mol. The predicted octanol–water partition coefficient (Wildman–Crippen LogP) is 9.83. The molecule has 0 bridgehead atoms. The highest BCUT2D eigenvalue weighted by atomic mass is 16.5. The van der Waals surface area contributed by atoms with E-state index in [1.807, 2.05) is 6.08 Å². The van der Waals surface area contributed by atoms with Crippen molar-refractivity contribution in [3.63, 3.8) is 0 Å². The average molecular weight is 515 g/mol. The minimum atomic E-state index is -0.732. The van der Waals surface area contributed by atoms with Crippen LogP contribution >= 0.6 is 0 Å². The molecule has 0 heterocycles. The van der Waals surface area contributed by atoms with E-state index < -0.39 is 5.97 Å². The van der Waals surface area contributed by atoms with Crippen LogP contribution in [-0.4, -0.2) is 23.1 Å². The van der Waals surface area contributed by atoms with Gasteiger partial charge in [0.15, 0.2) is 0 Å². The van der Waals surface area contributed by atoms with Gasteiger partial charge in [-0.1, -0.05) is 101 Å². The van der Waals surface area contributed by atoms with E-state index >= 15 is 0 Å². The summed E-state index contributed by atoms with van der Waals surface area (Å²) >= 11 is 0. The van der Waals surface area contributed by atoms with Gasteiger partial charge in [0.1, 0.15) is 6.10 Å². The lowest BCUT2D eigenvalue weighted by Gasteiger charge is -2.14. The van der Waals surface area contributed by atoms with E-state index in [1.165, 1.54) is 0 Å². The number of allylic oxidation sites excluding steroid dienone is 9. The van der Waals surface area contributed by atoms with Gasteiger partial charge in [-0.05, 0) is 76.7 Å². The lowest BCUT2D eigenvalue weighted by molar-refractivity contribution is -0.147. The summed E-state index contributed by atoms with van der Waals surface area (Å²) < 4.78 is 5.73. The number of hydrogen-bond acceptors (Lipinski definition) is 3. The van der Waals surface area contributed by atoms with E-state index in [2.05, 4.69) is 68.5 Å². The molecule has 0 saturated carbocycles. The molecule has 4 nitrogen and oxygen atoms in total. The summed E-state index contributed by atoms with van der Waals surface area (Å²) in [5, 5.41) is 8.72. The zero-order valence-corrected chi connectivity index (χ0v) is 23.8. The Morgan fingerprint density at radius 2 is 1.22 bits per heavy atom. The summed E-state index contributed by atoms with van der Waals surface area (Å²) in [6.07, 6.45) is 38.4. The molecule has 0 aromatic heterocycles. The Kier molecular flexibility index (Phi) is 26.4. The number of esters is 1. The molecular weight excluding hydrogens is 460 g/mol. The molecule has 0 aromatic carbocycles. The van der Waals surface area contributed by atoms with E-state index in [0.717, 1.165) is 96.3 Å². The highest BCUT2D eigenvalue weighted by molar-refractivity contribution is 5.69. The maximum atomic E-state index is 12.3. The normalized spacial score (nSPS) is 13.1. The van der Waals surface area contributed by atoms with Gasteiger partial charge in [-0.2, -0.15) is 0 Å². The number of aliphatic carboxylic acids is 1. The molecule has 0 aliphatic carbocycles. The van der Waals surface area contributed by atoms with Crippen LogP contribution in [0.1, 0.15) is 129 Å². The number of rotatable bonds is 25. The van der Waals surface area contributed by atoms with E-state index in [-0.39, 0.29) is 18.5 Å². The van der Waals surface area contributed by atoms with Gasteiger partial charge in [-0.3, -0.25) is 9.59 Å².